The minimum Gasteiger partial charge on any atom is -0.497 e. The molecule has 0 radical (unpaired) electrons. The van der Waals surface area contributed by atoms with E-state index in [9.17, 15) is 9.59 Å². The molecule has 2 aromatic rings. The molecule has 0 amide bonds. The third-order valence-electron chi connectivity index (χ3n) is 5.52. The minimum atomic E-state index is -0.551. The Morgan fingerprint density at radius 3 is 1.31 bits per heavy atom. The summed E-state index contributed by atoms with van der Waals surface area (Å²) in [5, 5.41) is 0. The Morgan fingerprint density at radius 1 is 0.656 bits per heavy atom. The maximum Gasteiger partial charge on any atom is 0.309 e. The fourth-order valence-corrected chi connectivity index (χ4v) is 3.15. The van der Waals surface area contributed by atoms with Gasteiger partial charge in [-0.25, -0.2) is 0 Å². The zero-order valence-electron chi connectivity index (χ0n) is 19.5. The lowest BCUT2D eigenvalue weighted by Crippen LogP contribution is -2.29. The number of hydrogen-bond acceptors (Lipinski definition) is 6. The van der Waals surface area contributed by atoms with Crippen LogP contribution in [0.5, 0.6) is 11.5 Å². The van der Waals surface area contributed by atoms with Crippen LogP contribution in [-0.2, 0) is 31.9 Å². The van der Waals surface area contributed by atoms with E-state index in [1.165, 1.54) is 0 Å². The molecule has 0 saturated carbocycles. The summed E-state index contributed by atoms with van der Waals surface area (Å²) < 4.78 is 21.0. The largest absolute Gasteiger partial charge is 0.497 e. The summed E-state index contributed by atoms with van der Waals surface area (Å²) >= 11 is 0. The second kappa shape index (κ2) is 13.4. The molecule has 0 saturated heterocycles. The monoisotopic (exact) mass is 442 g/mol. The highest BCUT2D eigenvalue weighted by Crippen LogP contribution is 2.17. The second-order valence-electron chi connectivity index (χ2n) is 7.82. The molecule has 0 heterocycles. The van der Waals surface area contributed by atoms with Crippen LogP contribution in [0.1, 0.15) is 37.8 Å². The lowest BCUT2D eigenvalue weighted by atomic mass is 9.96. The highest BCUT2D eigenvalue weighted by molar-refractivity contribution is 5.81. The quantitative estimate of drug-likeness (QED) is 0.333. The van der Waals surface area contributed by atoms with E-state index >= 15 is 0 Å². The van der Waals surface area contributed by atoms with Crippen LogP contribution in [0.25, 0.3) is 0 Å². The Hall–Kier alpha value is -3.02. The van der Waals surface area contributed by atoms with Gasteiger partial charge in [0.2, 0.25) is 0 Å². The maximum atomic E-state index is 12.3. The van der Waals surface area contributed by atoms with Gasteiger partial charge in [-0.1, -0.05) is 38.1 Å². The molecule has 2 atom stereocenters. The number of hydrogen-bond donors (Lipinski definition) is 0. The summed E-state index contributed by atoms with van der Waals surface area (Å²) in [6.07, 6.45) is 3.04. The Kier molecular flexibility index (Phi) is 10.6. The van der Waals surface area contributed by atoms with Crippen molar-refractivity contribution < 1.29 is 28.5 Å². The molecule has 0 unspecified atom stereocenters. The van der Waals surface area contributed by atoms with E-state index in [0.717, 1.165) is 48.3 Å². The van der Waals surface area contributed by atoms with Gasteiger partial charge in [0.1, 0.15) is 11.5 Å². The molecule has 0 aliphatic heterocycles. The van der Waals surface area contributed by atoms with E-state index in [1.807, 2.05) is 48.5 Å². The van der Waals surface area contributed by atoms with Crippen molar-refractivity contribution in [3.63, 3.8) is 0 Å². The van der Waals surface area contributed by atoms with Crippen LogP contribution < -0.4 is 9.47 Å². The number of esters is 2. The number of rotatable bonds is 13. The van der Waals surface area contributed by atoms with Gasteiger partial charge in [0.25, 0.3) is 0 Å². The average molecular weight is 443 g/mol. The summed E-state index contributed by atoms with van der Waals surface area (Å²) in [6.45, 7) is 4.04. The van der Waals surface area contributed by atoms with Crippen LogP contribution in [0.3, 0.4) is 0 Å². The van der Waals surface area contributed by atoms with Crippen molar-refractivity contribution in [2.75, 3.05) is 27.4 Å². The summed E-state index contributed by atoms with van der Waals surface area (Å²) in [5.41, 5.74) is 2.31. The molecule has 6 heteroatoms. The molecule has 174 valence electrons. The summed E-state index contributed by atoms with van der Waals surface area (Å²) in [6, 6.07) is 15.6. The summed E-state index contributed by atoms with van der Waals surface area (Å²) in [5.74, 6) is -0.216. The SMILES string of the molecule is COc1ccc(CCCOC(=O)[C@@H](C)[C@H](C)C(=O)OCCCc2ccc(OC)cc2)cc1. The first-order chi connectivity index (χ1) is 15.4. The van der Waals surface area contributed by atoms with Gasteiger partial charge in [-0.05, 0) is 61.1 Å². The fourth-order valence-electron chi connectivity index (χ4n) is 3.15. The lowest BCUT2D eigenvalue weighted by Gasteiger charge is -2.17. The van der Waals surface area contributed by atoms with E-state index in [0.29, 0.717) is 13.2 Å². The average Bonchev–Trinajstić information content (AvgIpc) is 2.83. The predicted octanol–water partition coefficient (Wildman–Crippen LogP) is 4.63. The molecule has 0 fully saturated rings. The third-order valence-corrected chi connectivity index (χ3v) is 5.52. The van der Waals surface area contributed by atoms with Crippen LogP contribution in [0.4, 0.5) is 0 Å². The molecule has 0 bridgehead atoms. The highest BCUT2D eigenvalue weighted by atomic mass is 16.5. The standard InChI is InChI=1S/C26H34O6/c1-19(25(27)31-17-5-7-21-9-13-23(29-3)14-10-21)20(2)26(28)32-18-6-8-22-11-15-24(30-4)16-12-22/h9-16,19-20H,5-8,17-18H2,1-4H3/t19-,20-/m0/s1. The molecule has 0 aliphatic rings. The summed E-state index contributed by atoms with van der Waals surface area (Å²) in [4.78, 5) is 24.6. The number of carbonyl (C=O) groups is 2. The topological polar surface area (TPSA) is 71.1 Å². The van der Waals surface area contributed by atoms with Gasteiger partial charge in [-0.15, -0.1) is 0 Å². The van der Waals surface area contributed by atoms with E-state index in [1.54, 1.807) is 28.1 Å². The number of benzene rings is 2. The van der Waals surface area contributed by atoms with Crippen LogP contribution in [0.2, 0.25) is 0 Å². The van der Waals surface area contributed by atoms with Crippen molar-refractivity contribution in [1.29, 1.82) is 0 Å². The molecule has 0 aromatic heterocycles. The first kappa shape index (κ1) is 25.2. The van der Waals surface area contributed by atoms with Gasteiger partial charge < -0.3 is 18.9 Å². The van der Waals surface area contributed by atoms with Crippen molar-refractivity contribution >= 4 is 11.9 Å². The van der Waals surface area contributed by atoms with Crippen molar-refractivity contribution in [1.82, 2.24) is 0 Å². The van der Waals surface area contributed by atoms with Crippen LogP contribution in [0.15, 0.2) is 48.5 Å². The molecule has 32 heavy (non-hydrogen) atoms. The Morgan fingerprint density at radius 2 is 1.00 bits per heavy atom. The van der Waals surface area contributed by atoms with Gasteiger partial charge in [0, 0.05) is 0 Å². The van der Waals surface area contributed by atoms with Crippen LogP contribution >= 0.6 is 0 Å². The molecule has 2 rings (SSSR count). The zero-order chi connectivity index (χ0) is 23.3. The summed E-state index contributed by atoms with van der Waals surface area (Å²) in [7, 11) is 3.27. The van der Waals surface area contributed by atoms with Crippen molar-refractivity contribution in [2.24, 2.45) is 11.8 Å². The highest BCUT2D eigenvalue weighted by Gasteiger charge is 2.28. The van der Waals surface area contributed by atoms with E-state index in [4.69, 9.17) is 18.9 Å². The van der Waals surface area contributed by atoms with Crippen molar-refractivity contribution in [2.45, 2.75) is 39.5 Å². The smallest absolute Gasteiger partial charge is 0.309 e. The molecule has 2 aromatic carbocycles. The van der Waals surface area contributed by atoms with Gasteiger partial charge in [0.15, 0.2) is 0 Å². The third kappa shape index (κ3) is 8.25. The number of aryl methyl sites for hydroxylation is 2. The van der Waals surface area contributed by atoms with Gasteiger partial charge in [-0.3, -0.25) is 9.59 Å². The van der Waals surface area contributed by atoms with Crippen molar-refractivity contribution in [3.8, 4) is 11.5 Å². The maximum absolute atomic E-state index is 12.3. The van der Waals surface area contributed by atoms with Crippen molar-refractivity contribution in [3.05, 3.63) is 59.7 Å². The minimum absolute atomic E-state index is 0.318. The lowest BCUT2D eigenvalue weighted by molar-refractivity contribution is -0.159. The normalized spacial score (nSPS) is 12.5. The number of methoxy groups -OCH3 is 2. The number of ether oxygens (including phenoxy) is 4. The van der Waals surface area contributed by atoms with Gasteiger partial charge >= 0.3 is 11.9 Å². The van der Waals surface area contributed by atoms with Gasteiger partial charge in [-0.2, -0.15) is 0 Å². The molecular weight excluding hydrogens is 408 g/mol. The molecule has 6 nitrogen and oxygen atoms in total. The van der Waals surface area contributed by atoms with E-state index < -0.39 is 11.8 Å². The van der Waals surface area contributed by atoms with E-state index in [2.05, 4.69) is 0 Å². The first-order valence-corrected chi connectivity index (χ1v) is 11.0. The van der Waals surface area contributed by atoms with Crippen LogP contribution in [-0.4, -0.2) is 39.4 Å². The fraction of sp³-hybridized carbons (Fsp3) is 0.462. The Labute approximate surface area is 190 Å². The Balaban J connectivity index is 1.63. The second-order valence-corrected chi connectivity index (χ2v) is 7.82. The predicted molar refractivity (Wildman–Crippen MR) is 123 cm³/mol. The number of carbonyl (C=O) groups excluding carboxylic acids is 2. The van der Waals surface area contributed by atoms with Crippen LogP contribution in [0, 0.1) is 11.8 Å². The van der Waals surface area contributed by atoms with Gasteiger partial charge in [0.05, 0.1) is 39.3 Å². The molecular formula is C26H34O6. The first-order valence-electron chi connectivity index (χ1n) is 11.0. The molecule has 0 aliphatic carbocycles. The Bertz CT molecular complexity index is 757. The molecule has 0 spiro atoms. The zero-order valence-corrected chi connectivity index (χ0v) is 19.5. The van der Waals surface area contributed by atoms with E-state index in [-0.39, 0.29) is 11.9 Å². The molecule has 0 N–H and O–H groups in total.